The summed E-state index contributed by atoms with van der Waals surface area (Å²) in [5.41, 5.74) is 2.80. The fourth-order valence-corrected chi connectivity index (χ4v) is 4.90. The highest BCUT2D eigenvalue weighted by Gasteiger charge is 2.48. The molecule has 1 aromatic heterocycles. The number of pyridine rings is 1. The number of carbonyl (C=O) groups is 1. The van der Waals surface area contributed by atoms with Crippen molar-refractivity contribution in [3.63, 3.8) is 0 Å². The average Bonchev–Trinajstić information content (AvgIpc) is 2.59. The van der Waals surface area contributed by atoms with Gasteiger partial charge >= 0.3 is 0 Å². The van der Waals surface area contributed by atoms with Crippen LogP contribution in [0.15, 0.2) is 35.4 Å². The topological polar surface area (TPSA) is 74.0 Å². The number of nitriles is 1. The molecule has 0 bridgehead atoms. The van der Waals surface area contributed by atoms with Crippen LogP contribution >= 0.6 is 11.8 Å². The van der Waals surface area contributed by atoms with Gasteiger partial charge in [-0.3, -0.25) is 4.79 Å². The molecule has 0 fully saturated rings. The summed E-state index contributed by atoms with van der Waals surface area (Å²) in [4.78, 5) is 17.2. The second-order valence-electron chi connectivity index (χ2n) is 7.10. The van der Waals surface area contributed by atoms with Crippen molar-refractivity contribution in [3.05, 3.63) is 58.3 Å². The lowest BCUT2D eigenvalue weighted by molar-refractivity contribution is -0.130. The lowest BCUT2D eigenvalue weighted by Crippen LogP contribution is -2.48. The van der Waals surface area contributed by atoms with E-state index in [2.05, 4.69) is 11.1 Å². The van der Waals surface area contributed by atoms with Gasteiger partial charge in [0.05, 0.1) is 17.1 Å². The highest BCUT2D eigenvalue weighted by molar-refractivity contribution is 7.98. The van der Waals surface area contributed by atoms with Gasteiger partial charge in [-0.1, -0.05) is 30.3 Å². The first kappa shape index (κ1) is 18.6. The summed E-state index contributed by atoms with van der Waals surface area (Å²) in [6.45, 7) is 5.16. The van der Waals surface area contributed by atoms with Gasteiger partial charge in [0.25, 0.3) is 0 Å². The Kier molecular flexibility index (Phi) is 4.92. The molecule has 26 heavy (non-hydrogen) atoms. The molecule has 134 valence electrons. The Morgan fingerprint density at radius 3 is 2.58 bits per heavy atom. The fraction of sp³-hybridized carbons (Fsp3) is 0.381. The summed E-state index contributed by atoms with van der Waals surface area (Å²) in [7, 11) is 0. The van der Waals surface area contributed by atoms with Gasteiger partial charge in [0, 0.05) is 18.0 Å². The maximum Gasteiger partial charge on any atom is 0.136 e. The number of rotatable bonds is 3. The number of ketones is 1. The second-order valence-corrected chi connectivity index (χ2v) is 7.89. The van der Waals surface area contributed by atoms with Crippen LogP contribution in [0.3, 0.4) is 0 Å². The van der Waals surface area contributed by atoms with Crippen molar-refractivity contribution in [1.29, 1.82) is 5.26 Å². The molecule has 0 spiro atoms. The molecule has 0 amide bonds. The van der Waals surface area contributed by atoms with Gasteiger partial charge in [0.2, 0.25) is 0 Å². The van der Waals surface area contributed by atoms with Crippen LogP contribution in [0.2, 0.25) is 0 Å². The van der Waals surface area contributed by atoms with E-state index in [9.17, 15) is 15.2 Å². The standard InChI is InChI=1S/C21H22N2O2S/c1-12-17-15(16(11-22)20(23-12)26-4)10-21(3,25)19(13(2)24)18(17)14-8-6-5-7-9-14/h5-9,18-19,25H,10H2,1-4H3. The summed E-state index contributed by atoms with van der Waals surface area (Å²) in [5.74, 6) is -0.950. The minimum atomic E-state index is -1.23. The van der Waals surface area contributed by atoms with Crippen molar-refractivity contribution in [2.24, 2.45) is 5.92 Å². The van der Waals surface area contributed by atoms with E-state index in [0.29, 0.717) is 10.6 Å². The highest BCUT2D eigenvalue weighted by Crippen LogP contribution is 2.48. The van der Waals surface area contributed by atoms with Crippen molar-refractivity contribution >= 4 is 17.5 Å². The highest BCUT2D eigenvalue weighted by atomic mass is 32.2. The summed E-state index contributed by atoms with van der Waals surface area (Å²) in [5, 5.41) is 21.6. The molecule has 3 atom stereocenters. The molecule has 0 saturated heterocycles. The average molecular weight is 366 g/mol. The number of aryl methyl sites for hydroxylation is 1. The van der Waals surface area contributed by atoms with E-state index in [1.54, 1.807) is 6.92 Å². The SMILES string of the molecule is CSc1nc(C)c2c(c1C#N)CC(C)(O)C(C(C)=O)C2c1ccccc1. The lowest BCUT2D eigenvalue weighted by Gasteiger charge is -2.43. The quantitative estimate of drug-likeness (QED) is 0.840. The number of thioether (sulfide) groups is 1. The fourth-order valence-electron chi connectivity index (χ4n) is 4.30. The first-order valence-corrected chi connectivity index (χ1v) is 9.79. The molecule has 1 aliphatic rings. The molecule has 3 unspecified atom stereocenters. The van der Waals surface area contributed by atoms with Crippen LogP contribution < -0.4 is 0 Å². The van der Waals surface area contributed by atoms with Crippen molar-refractivity contribution in [2.75, 3.05) is 6.26 Å². The van der Waals surface area contributed by atoms with Gasteiger partial charge in [-0.25, -0.2) is 4.98 Å². The molecule has 1 N–H and O–H groups in total. The Balaban J connectivity index is 2.39. The van der Waals surface area contributed by atoms with E-state index >= 15 is 0 Å². The van der Waals surface area contributed by atoms with Crippen LogP contribution in [0.5, 0.6) is 0 Å². The van der Waals surface area contributed by atoms with E-state index in [4.69, 9.17) is 0 Å². The van der Waals surface area contributed by atoms with Gasteiger partial charge < -0.3 is 5.11 Å². The minimum Gasteiger partial charge on any atom is -0.389 e. The third-order valence-electron chi connectivity index (χ3n) is 5.25. The molecular formula is C21H22N2O2S. The van der Waals surface area contributed by atoms with E-state index in [-0.39, 0.29) is 18.1 Å². The number of carbonyl (C=O) groups excluding carboxylic acids is 1. The van der Waals surface area contributed by atoms with Gasteiger partial charge in [-0.15, -0.1) is 11.8 Å². The van der Waals surface area contributed by atoms with Crippen LogP contribution in [0, 0.1) is 24.2 Å². The predicted octanol–water partition coefficient (Wildman–Crippen LogP) is 3.63. The first-order valence-electron chi connectivity index (χ1n) is 8.57. The largest absolute Gasteiger partial charge is 0.389 e. The number of hydrogen-bond acceptors (Lipinski definition) is 5. The molecule has 1 aliphatic carbocycles. The lowest BCUT2D eigenvalue weighted by atomic mass is 9.62. The number of nitrogens with zero attached hydrogens (tertiary/aromatic N) is 2. The molecule has 4 nitrogen and oxygen atoms in total. The predicted molar refractivity (Wildman–Crippen MR) is 102 cm³/mol. The van der Waals surface area contributed by atoms with E-state index in [1.165, 1.54) is 18.7 Å². The Hall–Kier alpha value is -2.16. The van der Waals surface area contributed by atoms with Crippen LogP contribution in [-0.2, 0) is 11.2 Å². The van der Waals surface area contributed by atoms with Gasteiger partial charge in [-0.05, 0) is 43.7 Å². The number of aromatic nitrogens is 1. The van der Waals surface area contributed by atoms with Crippen LogP contribution in [0.4, 0.5) is 0 Å². The maximum absolute atomic E-state index is 12.5. The number of aliphatic hydroxyl groups is 1. The molecule has 3 rings (SSSR count). The molecule has 2 aromatic rings. The zero-order valence-corrected chi connectivity index (χ0v) is 16.2. The Morgan fingerprint density at radius 2 is 2.04 bits per heavy atom. The molecule has 0 saturated carbocycles. The van der Waals surface area contributed by atoms with Crippen molar-refractivity contribution in [3.8, 4) is 6.07 Å². The van der Waals surface area contributed by atoms with Crippen LogP contribution in [0.25, 0.3) is 0 Å². The summed E-state index contributed by atoms with van der Waals surface area (Å²) in [6.07, 6.45) is 2.17. The van der Waals surface area contributed by atoms with Crippen LogP contribution in [-0.4, -0.2) is 27.7 Å². The molecule has 0 radical (unpaired) electrons. The zero-order valence-electron chi connectivity index (χ0n) is 15.4. The zero-order chi connectivity index (χ0) is 19.1. The van der Waals surface area contributed by atoms with Crippen LogP contribution in [0.1, 0.15) is 47.7 Å². The minimum absolute atomic E-state index is 0.0543. The van der Waals surface area contributed by atoms with E-state index < -0.39 is 11.5 Å². The number of Topliss-reactive ketones (excluding diaryl/α,β-unsaturated/α-hetero) is 1. The Labute approximate surface area is 158 Å². The number of benzene rings is 1. The van der Waals surface area contributed by atoms with Crippen molar-refractivity contribution < 1.29 is 9.90 Å². The van der Waals surface area contributed by atoms with E-state index in [1.807, 2.05) is 43.5 Å². The Bertz CT molecular complexity index is 900. The van der Waals surface area contributed by atoms with Gasteiger partial charge in [0.15, 0.2) is 0 Å². The molecule has 5 heteroatoms. The molecule has 0 aliphatic heterocycles. The van der Waals surface area contributed by atoms with Crippen molar-refractivity contribution in [1.82, 2.24) is 4.98 Å². The Morgan fingerprint density at radius 1 is 1.38 bits per heavy atom. The maximum atomic E-state index is 12.5. The number of hydrogen-bond donors (Lipinski definition) is 1. The van der Waals surface area contributed by atoms with Gasteiger partial charge in [-0.2, -0.15) is 5.26 Å². The second kappa shape index (κ2) is 6.86. The smallest absolute Gasteiger partial charge is 0.136 e. The summed E-state index contributed by atoms with van der Waals surface area (Å²) in [6, 6.07) is 12.0. The molecular weight excluding hydrogens is 344 g/mol. The normalized spacial score (nSPS) is 24.6. The van der Waals surface area contributed by atoms with E-state index in [0.717, 1.165) is 22.4 Å². The monoisotopic (exact) mass is 366 g/mol. The summed E-state index contributed by atoms with van der Waals surface area (Å²) < 4.78 is 0. The first-order chi connectivity index (χ1) is 12.3. The summed E-state index contributed by atoms with van der Waals surface area (Å²) >= 11 is 1.43. The van der Waals surface area contributed by atoms with Crippen molar-refractivity contribution in [2.45, 2.75) is 43.7 Å². The third-order valence-corrected chi connectivity index (χ3v) is 5.93. The molecule has 1 heterocycles. The number of fused-ring (bicyclic) bond motifs is 1. The van der Waals surface area contributed by atoms with Gasteiger partial charge in [0.1, 0.15) is 16.9 Å². The molecule has 1 aromatic carbocycles. The third kappa shape index (κ3) is 2.94.